The van der Waals surface area contributed by atoms with Gasteiger partial charge in [-0.3, -0.25) is 4.90 Å². The smallest absolute Gasteiger partial charge is 0.318 e. The zero-order chi connectivity index (χ0) is 18.9. The summed E-state index contributed by atoms with van der Waals surface area (Å²) < 4.78 is 28.3. The van der Waals surface area contributed by atoms with Gasteiger partial charge in [0.1, 0.15) is 0 Å². The number of hydrogen-bond acceptors (Lipinski definition) is 2. The maximum absolute atomic E-state index is 14.1. The van der Waals surface area contributed by atoms with Crippen molar-refractivity contribution in [2.45, 2.75) is 69.5 Å². The molecule has 1 aromatic rings. The van der Waals surface area contributed by atoms with Crippen LogP contribution >= 0.6 is 0 Å². The summed E-state index contributed by atoms with van der Waals surface area (Å²) in [6.45, 7) is 1.69. The van der Waals surface area contributed by atoms with Gasteiger partial charge in [-0.15, -0.1) is 0 Å². The van der Waals surface area contributed by atoms with Gasteiger partial charge in [0.25, 0.3) is 5.92 Å². The van der Waals surface area contributed by atoms with Crippen molar-refractivity contribution in [1.29, 1.82) is 0 Å². The number of rotatable bonds is 3. The molecule has 2 amide bonds. The lowest BCUT2D eigenvalue weighted by atomic mass is 9.96. The van der Waals surface area contributed by atoms with E-state index < -0.39 is 18.5 Å². The molecule has 148 valence electrons. The Morgan fingerprint density at radius 2 is 1.89 bits per heavy atom. The minimum Gasteiger partial charge on any atom is -0.335 e. The predicted octanol–water partition coefficient (Wildman–Crippen LogP) is 3.80. The minimum atomic E-state index is -2.79. The van der Waals surface area contributed by atoms with Gasteiger partial charge in [0, 0.05) is 32.1 Å². The number of halogens is 2. The summed E-state index contributed by atoms with van der Waals surface area (Å²) in [6, 6.07) is 7.73. The first kappa shape index (κ1) is 18.7. The van der Waals surface area contributed by atoms with E-state index in [0.29, 0.717) is 6.54 Å². The maximum Gasteiger partial charge on any atom is 0.318 e. The molecule has 1 aliphatic carbocycles. The van der Waals surface area contributed by atoms with Gasteiger partial charge in [-0.2, -0.15) is 0 Å². The lowest BCUT2D eigenvalue weighted by Gasteiger charge is -2.34. The van der Waals surface area contributed by atoms with E-state index in [1.165, 1.54) is 22.4 Å². The van der Waals surface area contributed by atoms with E-state index in [0.717, 1.165) is 45.2 Å². The van der Waals surface area contributed by atoms with Crippen LogP contribution in [0.2, 0.25) is 0 Å². The lowest BCUT2D eigenvalue weighted by Crippen LogP contribution is -2.50. The number of urea groups is 1. The van der Waals surface area contributed by atoms with Crippen LogP contribution in [0.3, 0.4) is 0 Å². The van der Waals surface area contributed by atoms with E-state index in [1.54, 1.807) is 0 Å². The Balaban J connectivity index is 1.40. The predicted molar refractivity (Wildman–Crippen MR) is 101 cm³/mol. The summed E-state index contributed by atoms with van der Waals surface area (Å²) in [4.78, 5) is 16.3. The summed E-state index contributed by atoms with van der Waals surface area (Å²) in [6.07, 6.45) is 6.05. The number of fused-ring (bicyclic) bond motifs is 1. The number of carbonyl (C=O) groups excluding carboxylic acids is 1. The highest BCUT2D eigenvalue weighted by atomic mass is 19.3. The molecule has 1 saturated carbocycles. The number of amides is 2. The number of hydrogen-bond donors (Lipinski definition) is 1. The van der Waals surface area contributed by atoms with E-state index in [2.05, 4.69) is 22.3 Å². The maximum atomic E-state index is 14.1. The first-order valence-electron chi connectivity index (χ1n) is 10.2. The van der Waals surface area contributed by atoms with Gasteiger partial charge >= 0.3 is 6.03 Å². The Labute approximate surface area is 159 Å². The molecular weight excluding hydrogens is 348 g/mol. The Bertz CT molecular complexity index is 675. The molecule has 6 heteroatoms. The van der Waals surface area contributed by atoms with Crippen molar-refractivity contribution in [3.05, 3.63) is 35.4 Å². The van der Waals surface area contributed by atoms with Crippen molar-refractivity contribution in [1.82, 2.24) is 15.1 Å². The molecule has 1 atom stereocenters. The van der Waals surface area contributed by atoms with E-state index in [9.17, 15) is 13.6 Å². The summed E-state index contributed by atoms with van der Waals surface area (Å²) in [5.41, 5.74) is 2.61. The standard InChI is InChI=1S/C21H29F2N3O/c22-21(23)12-19(14-25-11-10-16-6-4-5-7-17(16)13-25)26(15-21)20(27)24-18-8-2-1-3-9-18/h4-7,18-19H,1-3,8-15H2,(H,24,27)/t19-/m0/s1. The average molecular weight is 377 g/mol. The Hall–Kier alpha value is -1.69. The number of likely N-dealkylation sites (tertiary alicyclic amines) is 1. The monoisotopic (exact) mass is 377 g/mol. The number of carbonyl (C=O) groups is 1. The first-order valence-corrected chi connectivity index (χ1v) is 10.2. The molecule has 3 aliphatic rings. The summed E-state index contributed by atoms with van der Waals surface area (Å²) in [7, 11) is 0. The third-order valence-corrected chi connectivity index (χ3v) is 6.25. The van der Waals surface area contributed by atoms with Crippen LogP contribution in [0, 0.1) is 0 Å². The van der Waals surface area contributed by atoms with E-state index in [4.69, 9.17) is 0 Å². The van der Waals surface area contributed by atoms with E-state index in [1.807, 2.05) is 12.1 Å². The van der Waals surface area contributed by atoms with E-state index >= 15 is 0 Å². The second-order valence-corrected chi connectivity index (χ2v) is 8.38. The first-order chi connectivity index (χ1) is 13.0. The number of benzene rings is 1. The average Bonchev–Trinajstić information content (AvgIpc) is 2.97. The van der Waals surface area contributed by atoms with Crippen LogP contribution in [-0.2, 0) is 13.0 Å². The molecule has 0 radical (unpaired) electrons. The topological polar surface area (TPSA) is 35.6 Å². The van der Waals surface area contributed by atoms with Gasteiger partial charge in [0.05, 0.1) is 12.6 Å². The normalized spacial score (nSPS) is 26.0. The molecule has 2 heterocycles. The van der Waals surface area contributed by atoms with Crippen LogP contribution in [-0.4, -0.2) is 53.5 Å². The minimum absolute atomic E-state index is 0.142. The highest BCUT2D eigenvalue weighted by molar-refractivity contribution is 5.75. The largest absolute Gasteiger partial charge is 0.335 e. The van der Waals surface area contributed by atoms with Gasteiger partial charge in [0.2, 0.25) is 0 Å². The third kappa shape index (κ3) is 4.42. The molecule has 0 spiro atoms. The zero-order valence-corrected chi connectivity index (χ0v) is 15.8. The van der Waals surface area contributed by atoms with Crippen LogP contribution in [0.25, 0.3) is 0 Å². The van der Waals surface area contributed by atoms with Crippen LogP contribution < -0.4 is 5.32 Å². The Morgan fingerprint density at radius 3 is 2.67 bits per heavy atom. The molecule has 27 heavy (non-hydrogen) atoms. The number of alkyl halides is 2. The molecule has 1 saturated heterocycles. The molecule has 1 aromatic carbocycles. The third-order valence-electron chi connectivity index (χ3n) is 6.25. The Kier molecular flexibility index (Phi) is 5.35. The number of nitrogens with zero attached hydrogens (tertiary/aromatic N) is 2. The van der Waals surface area contributed by atoms with Crippen molar-refractivity contribution in [2.75, 3.05) is 19.6 Å². The van der Waals surface area contributed by atoms with Crippen LogP contribution in [0.5, 0.6) is 0 Å². The fourth-order valence-electron chi connectivity index (χ4n) is 4.81. The quantitative estimate of drug-likeness (QED) is 0.870. The molecule has 4 rings (SSSR count). The number of nitrogens with one attached hydrogen (secondary N) is 1. The summed E-state index contributed by atoms with van der Waals surface area (Å²) in [5.74, 6) is -2.79. The van der Waals surface area contributed by atoms with Crippen LogP contribution in [0.1, 0.15) is 49.7 Å². The van der Waals surface area contributed by atoms with Gasteiger partial charge in [-0.05, 0) is 30.4 Å². The van der Waals surface area contributed by atoms with Gasteiger partial charge < -0.3 is 10.2 Å². The Morgan fingerprint density at radius 1 is 1.15 bits per heavy atom. The van der Waals surface area contributed by atoms with Crippen molar-refractivity contribution in [2.24, 2.45) is 0 Å². The zero-order valence-electron chi connectivity index (χ0n) is 15.8. The second kappa shape index (κ2) is 7.74. The highest BCUT2D eigenvalue weighted by Gasteiger charge is 2.47. The molecule has 2 fully saturated rings. The molecule has 0 aromatic heterocycles. The van der Waals surface area contributed by atoms with Crippen LogP contribution in [0.15, 0.2) is 24.3 Å². The van der Waals surface area contributed by atoms with Gasteiger partial charge in [-0.1, -0.05) is 43.5 Å². The van der Waals surface area contributed by atoms with Crippen molar-refractivity contribution >= 4 is 6.03 Å². The molecule has 0 unspecified atom stereocenters. The molecule has 4 nitrogen and oxygen atoms in total. The highest BCUT2D eigenvalue weighted by Crippen LogP contribution is 2.33. The summed E-state index contributed by atoms with van der Waals surface area (Å²) >= 11 is 0. The molecule has 1 N–H and O–H groups in total. The van der Waals surface area contributed by atoms with Gasteiger partial charge in [0.15, 0.2) is 0 Å². The van der Waals surface area contributed by atoms with Gasteiger partial charge in [-0.25, -0.2) is 13.6 Å². The van der Waals surface area contributed by atoms with Crippen LogP contribution in [0.4, 0.5) is 13.6 Å². The van der Waals surface area contributed by atoms with Crippen molar-refractivity contribution < 1.29 is 13.6 Å². The molecular formula is C21H29F2N3O. The van der Waals surface area contributed by atoms with Crippen molar-refractivity contribution in [3.63, 3.8) is 0 Å². The van der Waals surface area contributed by atoms with Crippen molar-refractivity contribution in [3.8, 4) is 0 Å². The lowest BCUT2D eigenvalue weighted by molar-refractivity contribution is 0.0142. The second-order valence-electron chi connectivity index (χ2n) is 8.38. The summed E-state index contributed by atoms with van der Waals surface area (Å²) in [5, 5.41) is 3.02. The fourth-order valence-corrected chi connectivity index (χ4v) is 4.81. The molecule has 0 bridgehead atoms. The molecule has 2 aliphatic heterocycles. The SMILES string of the molecule is O=C(NC1CCCCC1)N1CC(F)(F)C[C@H]1CN1CCc2ccccc2C1. The fraction of sp³-hybridized carbons (Fsp3) is 0.667. The van der Waals surface area contributed by atoms with E-state index in [-0.39, 0.29) is 18.5 Å².